The molecule has 0 heterocycles. The second-order valence-electron chi connectivity index (χ2n) is 7.69. The molecule has 1 saturated carbocycles. The van der Waals surface area contributed by atoms with Gasteiger partial charge in [-0.05, 0) is 57.7 Å². The van der Waals surface area contributed by atoms with Gasteiger partial charge in [0, 0.05) is 40.5 Å². The van der Waals surface area contributed by atoms with Gasteiger partial charge in [0.25, 0.3) is 5.91 Å². The molecule has 1 aliphatic carbocycles. The lowest BCUT2D eigenvalue weighted by Crippen LogP contribution is -2.42. The molecule has 0 saturated heterocycles. The van der Waals surface area contributed by atoms with Crippen LogP contribution in [0.4, 0.5) is 4.39 Å². The van der Waals surface area contributed by atoms with Crippen LogP contribution in [0.2, 0.25) is 5.02 Å². The standard InChI is InChI=1S/C20H29ClFN3O/c1-5-20(3,4)25-13(2)12-23-17-6-7-18(11-17)24-19(26)14-8-15(21)10-16(22)9-14/h8-10,17-18,23,25H,2,5-7,11-12H2,1,3-4H3,(H,24,26)/t17-,18-/m1/s1. The van der Waals surface area contributed by atoms with Crippen molar-refractivity contribution in [2.24, 2.45) is 0 Å². The highest BCUT2D eigenvalue weighted by molar-refractivity contribution is 6.31. The molecule has 0 aromatic heterocycles. The Morgan fingerprint density at radius 2 is 2.00 bits per heavy atom. The predicted molar refractivity (Wildman–Crippen MR) is 105 cm³/mol. The van der Waals surface area contributed by atoms with Gasteiger partial charge in [-0.15, -0.1) is 0 Å². The van der Waals surface area contributed by atoms with Crippen LogP contribution in [-0.4, -0.2) is 30.1 Å². The largest absolute Gasteiger partial charge is 0.383 e. The third kappa shape index (κ3) is 6.29. The lowest BCUT2D eigenvalue weighted by Gasteiger charge is -2.28. The van der Waals surface area contributed by atoms with E-state index in [4.69, 9.17) is 11.6 Å². The number of rotatable bonds is 8. The summed E-state index contributed by atoms with van der Waals surface area (Å²) in [5.74, 6) is -0.789. The molecule has 1 aliphatic rings. The highest BCUT2D eigenvalue weighted by Crippen LogP contribution is 2.21. The fourth-order valence-corrected chi connectivity index (χ4v) is 3.35. The van der Waals surface area contributed by atoms with Gasteiger partial charge in [0.2, 0.25) is 0 Å². The zero-order chi connectivity index (χ0) is 19.3. The molecule has 144 valence electrons. The minimum atomic E-state index is -0.505. The molecular weight excluding hydrogens is 353 g/mol. The normalized spacial score (nSPS) is 20.0. The first-order valence-corrected chi connectivity index (χ1v) is 9.52. The molecule has 1 fully saturated rings. The first kappa shape index (κ1) is 20.7. The summed E-state index contributed by atoms with van der Waals surface area (Å²) in [6, 6.07) is 4.29. The molecule has 1 amide bonds. The van der Waals surface area contributed by atoms with Gasteiger partial charge in [0.1, 0.15) is 5.82 Å². The first-order valence-electron chi connectivity index (χ1n) is 9.15. The molecule has 1 aromatic rings. The summed E-state index contributed by atoms with van der Waals surface area (Å²) in [7, 11) is 0. The van der Waals surface area contributed by atoms with E-state index in [0.29, 0.717) is 12.6 Å². The average molecular weight is 382 g/mol. The molecule has 2 rings (SSSR count). The van der Waals surface area contributed by atoms with E-state index >= 15 is 0 Å². The molecule has 6 heteroatoms. The van der Waals surface area contributed by atoms with E-state index in [1.165, 1.54) is 18.2 Å². The Morgan fingerprint density at radius 3 is 2.65 bits per heavy atom. The molecule has 0 spiro atoms. The van der Waals surface area contributed by atoms with Gasteiger partial charge in [-0.2, -0.15) is 0 Å². The van der Waals surface area contributed by atoms with Crippen LogP contribution in [0.15, 0.2) is 30.5 Å². The fourth-order valence-electron chi connectivity index (χ4n) is 3.13. The number of carbonyl (C=O) groups excluding carboxylic acids is 1. The highest BCUT2D eigenvalue weighted by atomic mass is 35.5. The average Bonchev–Trinajstić information content (AvgIpc) is 2.99. The quantitative estimate of drug-likeness (QED) is 0.637. The molecule has 0 unspecified atom stereocenters. The fraction of sp³-hybridized carbons (Fsp3) is 0.550. The maximum Gasteiger partial charge on any atom is 0.251 e. The minimum absolute atomic E-state index is 0.0389. The number of carbonyl (C=O) groups is 1. The molecule has 0 aliphatic heterocycles. The van der Waals surface area contributed by atoms with E-state index in [1.54, 1.807) is 0 Å². The molecule has 3 N–H and O–H groups in total. The van der Waals surface area contributed by atoms with Crippen LogP contribution in [-0.2, 0) is 0 Å². The molecule has 0 radical (unpaired) electrons. The zero-order valence-corrected chi connectivity index (χ0v) is 16.5. The number of amides is 1. The van der Waals surface area contributed by atoms with Crippen molar-refractivity contribution in [2.75, 3.05) is 6.54 Å². The van der Waals surface area contributed by atoms with Crippen molar-refractivity contribution in [1.29, 1.82) is 0 Å². The predicted octanol–water partition coefficient (Wildman–Crippen LogP) is 4.01. The first-order chi connectivity index (χ1) is 12.2. The van der Waals surface area contributed by atoms with E-state index in [9.17, 15) is 9.18 Å². The van der Waals surface area contributed by atoms with E-state index in [0.717, 1.165) is 31.4 Å². The number of benzene rings is 1. The van der Waals surface area contributed by atoms with Crippen molar-refractivity contribution in [2.45, 2.75) is 64.1 Å². The Kier molecular flexibility index (Phi) is 7.07. The van der Waals surface area contributed by atoms with E-state index in [-0.39, 0.29) is 28.1 Å². The Balaban J connectivity index is 1.78. The Labute approximate surface area is 160 Å². The Bertz CT molecular complexity index is 642. The van der Waals surface area contributed by atoms with E-state index in [2.05, 4.69) is 43.3 Å². The van der Waals surface area contributed by atoms with Gasteiger partial charge in [-0.3, -0.25) is 4.79 Å². The molecule has 4 nitrogen and oxygen atoms in total. The van der Waals surface area contributed by atoms with E-state index < -0.39 is 5.82 Å². The summed E-state index contributed by atoms with van der Waals surface area (Å²) in [5, 5.41) is 10.1. The lowest BCUT2D eigenvalue weighted by atomic mass is 10.0. The van der Waals surface area contributed by atoms with Gasteiger partial charge < -0.3 is 16.0 Å². The molecule has 2 atom stereocenters. The maximum atomic E-state index is 13.4. The second-order valence-corrected chi connectivity index (χ2v) is 8.12. The molecule has 26 heavy (non-hydrogen) atoms. The van der Waals surface area contributed by atoms with Crippen LogP contribution < -0.4 is 16.0 Å². The summed E-state index contributed by atoms with van der Waals surface area (Å²) < 4.78 is 13.4. The smallest absolute Gasteiger partial charge is 0.251 e. The maximum absolute atomic E-state index is 13.4. The molecular formula is C20H29ClFN3O. The van der Waals surface area contributed by atoms with Gasteiger partial charge >= 0.3 is 0 Å². The van der Waals surface area contributed by atoms with Gasteiger partial charge in [0.15, 0.2) is 0 Å². The van der Waals surface area contributed by atoms with E-state index in [1.807, 2.05) is 0 Å². The van der Waals surface area contributed by atoms with Crippen molar-refractivity contribution in [3.63, 3.8) is 0 Å². The molecule has 0 bridgehead atoms. The van der Waals surface area contributed by atoms with Gasteiger partial charge in [-0.1, -0.05) is 25.1 Å². The topological polar surface area (TPSA) is 53.2 Å². The van der Waals surface area contributed by atoms with Gasteiger partial charge in [0.05, 0.1) is 0 Å². The lowest BCUT2D eigenvalue weighted by molar-refractivity contribution is 0.0937. The van der Waals surface area contributed by atoms with Gasteiger partial charge in [-0.25, -0.2) is 4.39 Å². The monoisotopic (exact) mass is 381 g/mol. The molecule has 1 aromatic carbocycles. The number of nitrogens with one attached hydrogen (secondary N) is 3. The Hall–Kier alpha value is -1.59. The van der Waals surface area contributed by atoms with Crippen LogP contribution in [0.5, 0.6) is 0 Å². The van der Waals surface area contributed by atoms with Crippen LogP contribution in [0.25, 0.3) is 0 Å². The Morgan fingerprint density at radius 1 is 1.31 bits per heavy atom. The van der Waals surface area contributed by atoms with Crippen molar-refractivity contribution in [3.8, 4) is 0 Å². The van der Waals surface area contributed by atoms with Crippen molar-refractivity contribution in [1.82, 2.24) is 16.0 Å². The van der Waals surface area contributed by atoms with Crippen molar-refractivity contribution < 1.29 is 9.18 Å². The van der Waals surface area contributed by atoms with Crippen LogP contribution >= 0.6 is 11.6 Å². The number of halogens is 2. The summed E-state index contributed by atoms with van der Waals surface area (Å²) in [4.78, 5) is 12.3. The summed E-state index contributed by atoms with van der Waals surface area (Å²) in [5.41, 5.74) is 1.27. The highest BCUT2D eigenvalue weighted by Gasteiger charge is 2.26. The number of hydrogen-bond acceptors (Lipinski definition) is 3. The third-order valence-corrected chi connectivity index (χ3v) is 5.11. The minimum Gasteiger partial charge on any atom is -0.383 e. The SMILES string of the molecule is C=C(CN[C@@H]1CC[C@@H](NC(=O)c2cc(F)cc(Cl)c2)C1)NC(C)(C)CC. The third-order valence-electron chi connectivity index (χ3n) is 4.90. The summed E-state index contributed by atoms with van der Waals surface area (Å²) >= 11 is 5.82. The van der Waals surface area contributed by atoms with Crippen LogP contribution in [0.1, 0.15) is 56.8 Å². The number of hydrogen-bond donors (Lipinski definition) is 3. The van der Waals surface area contributed by atoms with Crippen molar-refractivity contribution >= 4 is 17.5 Å². The van der Waals surface area contributed by atoms with Crippen molar-refractivity contribution in [3.05, 3.63) is 46.9 Å². The summed E-state index contributed by atoms with van der Waals surface area (Å²) in [6.07, 6.45) is 3.75. The zero-order valence-electron chi connectivity index (χ0n) is 15.8. The van der Waals surface area contributed by atoms with Crippen LogP contribution in [0, 0.1) is 5.82 Å². The second kappa shape index (κ2) is 8.87. The van der Waals surface area contributed by atoms with Crippen LogP contribution in [0.3, 0.4) is 0 Å². The summed E-state index contributed by atoms with van der Waals surface area (Å²) in [6.45, 7) is 11.2.